The largest absolute Gasteiger partial charge is 0.392 e. The van der Waals surface area contributed by atoms with Crippen LogP contribution in [-0.4, -0.2) is 11.1 Å². The fourth-order valence-electron chi connectivity index (χ4n) is 2.42. The lowest BCUT2D eigenvalue weighted by molar-refractivity contribution is 0.281. The molecule has 2 aromatic rings. The predicted molar refractivity (Wildman–Crippen MR) is 80.6 cm³/mol. The summed E-state index contributed by atoms with van der Waals surface area (Å²) < 4.78 is 0. The molecule has 1 heterocycles. The molecule has 1 aliphatic rings. The van der Waals surface area contributed by atoms with Gasteiger partial charge in [0.2, 0.25) is 0 Å². The summed E-state index contributed by atoms with van der Waals surface area (Å²) in [6, 6.07) is 11.4. The highest BCUT2D eigenvalue weighted by Gasteiger charge is 2.29. The monoisotopic (exact) mass is 273 g/mol. The quantitative estimate of drug-likeness (QED) is 0.897. The highest BCUT2D eigenvalue weighted by atomic mass is 32.1. The summed E-state index contributed by atoms with van der Waals surface area (Å²) in [7, 11) is 0. The summed E-state index contributed by atoms with van der Waals surface area (Å²) >= 11 is 1.82. The first-order valence-electron chi connectivity index (χ1n) is 6.77. The molecule has 0 saturated heterocycles. The zero-order chi connectivity index (χ0) is 13.2. The van der Waals surface area contributed by atoms with E-state index in [9.17, 15) is 5.11 Å². The lowest BCUT2D eigenvalue weighted by Gasteiger charge is -2.25. The van der Waals surface area contributed by atoms with E-state index in [-0.39, 0.29) is 6.61 Å². The van der Waals surface area contributed by atoms with Crippen LogP contribution in [0.4, 0.5) is 5.69 Å². The Morgan fingerprint density at radius 3 is 2.74 bits per heavy atom. The van der Waals surface area contributed by atoms with Gasteiger partial charge in [0.05, 0.1) is 13.2 Å². The van der Waals surface area contributed by atoms with Crippen LogP contribution in [-0.2, 0) is 13.2 Å². The van der Waals surface area contributed by atoms with Gasteiger partial charge >= 0.3 is 0 Å². The lowest BCUT2D eigenvalue weighted by Crippen LogP contribution is -2.24. The lowest BCUT2D eigenvalue weighted by atomic mass is 10.1. The number of anilines is 1. The zero-order valence-corrected chi connectivity index (χ0v) is 12.0. The number of benzene rings is 1. The minimum absolute atomic E-state index is 0.125. The van der Waals surface area contributed by atoms with E-state index < -0.39 is 0 Å². The molecule has 1 saturated carbocycles. The molecule has 1 aromatic carbocycles. The summed E-state index contributed by atoms with van der Waals surface area (Å²) in [5, 5.41) is 11.4. The highest BCUT2D eigenvalue weighted by molar-refractivity contribution is 7.09. The van der Waals surface area contributed by atoms with Crippen LogP contribution in [0.2, 0.25) is 0 Å². The summed E-state index contributed by atoms with van der Waals surface area (Å²) in [6.45, 7) is 3.20. The molecule has 1 N–H and O–H groups in total. The van der Waals surface area contributed by atoms with Gasteiger partial charge < -0.3 is 10.0 Å². The Morgan fingerprint density at radius 2 is 2.16 bits per heavy atom. The van der Waals surface area contributed by atoms with E-state index in [2.05, 4.69) is 47.5 Å². The van der Waals surface area contributed by atoms with Gasteiger partial charge in [-0.1, -0.05) is 12.1 Å². The van der Waals surface area contributed by atoms with Crippen molar-refractivity contribution in [1.29, 1.82) is 0 Å². The maximum absolute atomic E-state index is 9.26. The van der Waals surface area contributed by atoms with Gasteiger partial charge in [-0.05, 0) is 54.5 Å². The summed E-state index contributed by atoms with van der Waals surface area (Å²) in [5.74, 6) is 0. The van der Waals surface area contributed by atoms with Gasteiger partial charge in [0.15, 0.2) is 0 Å². The van der Waals surface area contributed by atoms with Gasteiger partial charge in [-0.15, -0.1) is 11.3 Å². The van der Waals surface area contributed by atoms with Crippen LogP contribution in [0, 0.1) is 6.92 Å². The Balaban J connectivity index is 1.85. The third-order valence-corrected chi connectivity index (χ3v) is 4.58. The van der Waals surface area contributed by atoms with Crippen LogP contribution < -0.4 is 4.90 Å². The van der Waals surface area contributed by atoms with Crippen molar-refractivity contribution in [2.75, 3.05) is 4.90 Å². The van der Waals surface area contributed by atoms with Gasteiger partial charge in [-0.3, -0.25) is 0 Å². The van der Waals surface area contributed by atoms with E-state index in [1.165, 1.54) is 29.0 Å². The average Bonchev–Trinajstić information content (AvgIpc) is 3.13. The maximum Gasteiger partial charge on any atom is 0.0684 e. The van der Waals surface area contributed by atoms with Crippen LogP contribution in [0.25, 0.3) is 0 Å². The van der Waals surface area contributed by atoms with Crippen molar-refractivity contribution in [3.8, 4) is 0 Å². The molecule has 0 spiro atoms. The molecule has 0 atom stereocenters. The second kappa shape index (κ2) is 5.35. The fourth-order valence-corrected chi connectivity index (χ4v) is 3.13. The van der Waals surface area contributed by atoms with Crippen molar-refractivity contribution in [3.63, 3.8) is 0 Å². The van der Waals surface area contributed by atoms with Crippen LogP contribution in [0.5, 0.6) is 0 Å². The molecule has 1 aliphatic carbocycles. The minimum atomic E-state index is 0.125. The van der Waals surface area contributed by atoms with Crippen LogP contribution in [0.15, 0.2) is 35.7 Å². The van der Waals surface area contributed by atoms with Crippen LogP contribution >= 0.6 is 11.3 Å². The average molecular weight is 273 g/mol. The molecule has 0 radical (unpaired) electrons. The Bertz CT molecular complexity index is 546. The first kappa shape index (κ1) is 12.7. The normalized spacial score (nSPS) is 14.6. The van der Waals surface area contributed by atoms with Crippen molar-refractivity contribution in [1.82, 2.24) is 0 Å². The van der Waals surface area contributed by atoms with Gasteiger partial charge in [0, 0.05) is 16.6 Å². The number of nitrogens with zero attached hydrogens (tertiary/aromatic N) is 1. The molecular formula is C16H19NOS. The second-order valence-electron chi connectivity index (χ2n) is 5.21. The standard InChI is InChI=1S/C16H19NOS/c1-12-9-15(5-4-13(12)11-18)17(14-6-7-14)10-16-3-2-8-19-16/h2-5,8-9,14,18H,6-7,10-11H2,1H3. The molecule has 0 aliphatic heterocycles. The minimum Gasteiger partial charge on any atom is -0.392 e. The SMILES string of the molecule is Cc1cc(N(Cc2cccs2)C2CC2)ccc1CO. The van der Waals surface area contributed by atoms with Gasteiger partial charge in [0.1, 0.15) is 0 Å². The third kappa shape index (κ3) is 2.82. The van der Waals surface area contributed by atoms with Gasteiger partial charge in [0.25, 0.3) is 0 Å². The van der Waals surface area contributed by atoms with E-state index in [1.54, 1.807) is 0 Å². The number of hydrogen-bond acceptors (Lipinski definition) is 3. The van der Waals surface area contributed by atoms with E-state index >= 15 is 0 Å². The molecule has 1 fully saturated rings. The molecule has 0 amide bonds. The topological polar surface area (TPSA) is 23.5 Å². The highest BCUT2D eigenvalue weighted by Crippen LogP contribution is 2.34. The number of aliphatic hydroxyl groups excluding tert-OH is 1. The van der Waals surface area contributed by atoms with E-state index in [1.807, 2.05) is 11.3 Å². The second-order valence-corrected chi connectivity index (χ2v) is 6.24. The molecule has 100 valence electrons. The number of rotatable bonds is 5. The van der Waals surface area contributed by atoms with Crippen LogP contribution in [0.3, 0.4) is 0 Å². The van der Waals surface area contributed by atoms with Crippen LogP contribution in [0.1, 0.15) is 28.8 Å². The molecule has 1 aromatic heterocycles. The zero-order valence-electron chi connectivity index (χ0n) is 11.2. The van der Waals surface area contributed by atoms with Crippen molar-refractivity contribution in [3.05, 3.63) is 51.7 Å². The number of thiophene rings is 1. The molecule has 2 nitrogen and oxygen atoms in total. The first-order valence-corrected chi connectivity index (χ1v) is 7.65. The Hall–Kier alpha value is -1.32. The summed E-state index contributed by atoms with van der Waals surface area (Å²) in [5.41, 5.74) is 3.48. The molecular weight excluding hydrogens is 254 g/mol. The Labute approximate surface area is 118 Å². The summed E-state index contributed by atoms with van der Waals surface area (Å²) in [6.07, 6.45) is 2.60. The van der Waals surface area contributed by atoms with E-state index in [4.69, 9.17) is 0 Å². The predicted octanol–water partition coefficient (Wildman–Crippen LogP) is 3.72. The molecule has 0 bridgehead atoms. The summed E-state index contributed by atoms with van der Waals surface area (Å²) in [4.78, 5) is 3.91. The van der Waals surface area contributed by atoms with Crippen molar-refractivity contribution in [2.24, 2.45) is 0 Å². The van der Waals surface area contributed by atoms with E-state index in [0.29, 0.717) is 6.04 Å². The number of aryl methyl sites for hydroxylation is 1. The third-order valence-electron chi connectivity index (χ3n) is 3.72. The van der Waals surface area contributed by atoms with Crippen molar-refractivity contribution >= 4 is 17.0 Å². The molecule has 0 unspecified atom stereocenters. The number of hydrogen-bond donors (Lipinski definition) is 1. The molecule has 3 heteroatoms. The maximum atomic E-state index is 9.26. The van der Waals surface area contributed by atoms with Gasteiger partial charge in [-0.2, -0.15) is 0 Å². The molecule has 3 rings (SSSR count). The van der Waals surface area contributed by atoms with Gasteiger partial charge in [-0.25, -0.2) is 0 Å². The fraction of sp³-hybridized carbons (Fsp3) is 0.375. The number of aliphatic hydroxyl groups is 1. The molecule has 19 heavy (non-hydrogen) atoms. The van der Waals surface area contributed by atoms with Crippen molar-refractivity contribution in [2.45, 2.75) is 39.0 Å². The Kier molecular flexibility index (Phi) is 3.58. The first-order chi connectivity index (χ1) is 9.28. The Morgan fingerprint density at radius 1 is 1.32 bits per heavy atom. The van der Waals surface area contributed by atoms with Crippen molar-refractivity contribution < 1.29 is 5.11 Å². The smallest absolute Gasteiger partial charge is 0.0684 e. The van der Waals surface area contributed by atoms with E-state index in [0.717, 1.165) is 12.1 Å².